The molecule has 3 aromatic rings. The zero-order valence-corrected chi connectivity index (χ0v) is 10.2. The molecule has 0 aliphatic carbocycles. The van der Waals surface area contributed by atoms with Gasteiger partial charge in [0.05, 0.1) is 0 Å². The molecule has 6 nitrogen and oxygen atoms in total. The third-order valence-electron chi connectivity index (χ3n) is 2.81. The van der Waals surface area contributed by atoms with Crippen molar-refractivity contribution in [2.45, 2.75) is 6.18 Å². The minimum Gasteiger partial charge on any atom is -0.476 e. The van der Waals surface area contributed by atoms with E-state index in [1.807, 2.05) is 0 Å². The number of carboxylic acids is 1. The quantitative estimate of drug-likeness (QED) is 0.787. The van der Waals surface area contributed by atoms with Crippen LogP contribution >= 0.6 is 0 Å². The molecule has 0 amide bonds. The van der Waals surface area contributed by atoms with Crippen LogP contribution in [0.3, 0.4) is 0 Å². The van der Waals surface area contributed by atoms with Gasteiger partial charge in [0, 0.05) is 12.4 Å². The minimum absolute atomic E-state index is 0.177. The molecule has 0 unspecified atom stereocenters. The fraction of sp³-hybridized carbons (Fsp3) is 0.0833. The fourth-order valence-electron chi connectivity index (χ4n) is 1.93. The zero-order chi connectivity index (χ0) is 15.2. The summed E-state index contributed by atoms with van der Waals surface area (Å²) in [5.74, 6) is -1.49. The summed E-state index contributed by atoms with van der Waals surface area (Å²) < 4.78 is 39.8. The van der Waals surface area contributed by atoms with Gasteiger partial charge in [0.2, 0.25) is 0 Å². The number of aromatic nitrogens is 4. The van der Waals surface area contributed by atoms with Crippen molar-refractivity contribution < 1.29 is 23.1 Å². The summed E-state index contributed by atoms with van der Waals surface area (Å²) >= 11 is 0. The van der Waals surface area contributed by atoms with Gasteiger partial charge in [0.15, 0.2) is 17.2 Å². The van der Waals surface area contributed by atoms with Crippen LogP contribution in [0.2, 0.25) is 0 Å². The number of aromatic carboxylic acids is 1. The molecular weight excluding hydrogens is 289 g/mol. The highest BCUT2D eigenvalue weighted by atomic mass is 19.4. The molecule has 0 atom stereocenters. The molecule has 0 aliphatic rings. The highest BCUT2D eigenvalue weighted by molar-refractivity contribution is 5.90. The van der Waals surface area contributed by atoms with Gasteiger partial charge in [0.1, 0.15) is 5.65 Å². The van der Waals surface area contributed by atoms with Gasteiger partial charge in [-0.1, -0.05) is 6.07 Å². The van der Waals surface area contributed by atoms with Gasteiger partial charge in [-0.3, -0.25) is 4.40 Å². The van der Waals surface area contributed by atoms with E-state index < -0.39 is 17.8 Å². The highest BCUT2D eigenvalue weighted by Gasteiger charge is 2.34. The maximum atomic E-state index is 12.6. The third-order valence-corrected chi connectivity index (χ3v) is 2.81. The lowest BCUT2D eigenvalue weighted by Gasteiger charge is -2.02. The molecule has 0 fully saturated rings. The monoisotopic (exact) mass is 296 g/mol. The Labute approximate surface area is 115 Å². The molecule has 0 radical (unpaired) electrons. The van der Waals surface area contributed by atoms with Crippen molar-refractivity contribution in [2.24, 2.45) is 0 Å². The summed E-state index contributed by atoms with van der Waals surface area (Å²) in [7, 11) is 0. The van der Waals surface area contributed by atoms with Crippen molar-refractivity contribution in [3.8, 4) is 5.82 Å². The van der Waals surface area contributed by atoms with Crippen LogP contribution in [-0.2, 0) is 6.18 Å². The molecule has 0 aliphatic heterocycles. The second kappa shape index (κ2) is 4.33. The molecule has 0 bridgehead atoms. The van der Waals surface area contributed by atoms with Gasteiger partial charge in [-0.05, 0) is 18.2 Å². The number of nitrogens with zero attached hydrogens (tertiary/aromatic N) is 4. The van der Waals surface area contributed by atoms with Crippen molar-refractivity contribution in [3.05, 3.63) is 48.0 Å². The summed E-state index contributed by atoms with van der Waals surface area (Å²) in [5, 5.41) is 12.6. The number of imidazole rings is 1. The van der Waals surface area contributed by atoms with E-state index in [1.54, 1.807) is 18.2 Å². The van der Waals surface area contributed by atoms with Crippen LogP contribution < -0.4 is 0 Å². The van der Waals surface area contributed by atoms with Crippen molar-refractivity contribution in [1.82, 2.24) is 19.2 Å². The number of pyridine rings is 1. The Bertz CT molecular complexity index is 835. The lowest BCUT2D eigenvalue weighted by atomic mass is 10.4. The third kappa shape index (κ3) is 2.12. The molecule has 1 N–H and O–H groups in total. The van der Waals surface area contributed by atoms with Gasteiger partial charge in [-0.15, -0.1) is 0 Å². The number of alkyl halides is 3. The number of halogens is 3. The summed E-state index contributed by atoms with van der Waals surface area (Å²) in [4.78, 5) is 15.4. The number of carboxylic acid groups (broad SMARTS) is 1. The predicted octanol–water partition coefficient (Wildman–Crippen LogP) is 2.24. The number of hydrogen-bond donors (Lipinski definition) is 1. The van der Waals surface area contributed by atoms with E-state index in [0.717, 1.165) is 16.9 Å². The molecular formula is C12H7F3N4O2. The number of rotatable bonds is 2. The summed E-state index contributed by atoms with van der Waals surface area (Å²) in [6.07, 6.45) is -2.12. The smallest absolute Gasteiger partial charge is 0.435 e. The molecule has 3 rings (SSSR count). The second-order valence-corrected chi connectivity index (χ2v) is 4.16. The van der Waals surface area contributed by atoms with E-state index in [2.05, 4.69) is 10.1 Å². The topological polar surface area (TPSA) is 72.4 Å². The molecule has 0 aromatic carbocycles. The normalized spacial score (nSPS) is 12.0. The average Bonchev–Trinajstić information content (AvgIpc) is 3.02. The van der Waals surface area contributed by atoms with Crippen molar-refractivity contribution in [1.29, 1.82) is 0 Å². The standard InChI is InChI=1S/C12H7F3N4O2/c13-12(14,15)7-4-6-19(17-7)10-9(11(20)21)18-5-2-1-3-8(18)16-10/h1-6H,(H,20,21). The van der Waals surface area contributed by atoms with Gasteiger partial charge in [0.25, 0.3) is 0 Å². The van der Waals surface area contributed by atoms with Gasteiger partial charge in [-0.25, -0.2) is 14.5 Å². The minimum atomic E-state index is -4.60. The Balaban J connectivity index is 2.23. The van der Waals surface area contributed by atoms with E-state index in [9.17, 15) is 23.1 Å². The molecule has 0 spiro atoms. The van der Waals surface area contributed by atoms with Gasteiger partial charge < -0.3 is 5.11 Å². The zero-order valence-electron chi connectivity index (χ0n) is 10.2. The first kappa shape index (κ1) is 13.2. The average molecular weight is 296 g/mol. The first-order valence-corrected chi connectivity index (χ1v) is 5.71. The molecule has 9 heteroatoms. The molecule has 21 heavy (non-hydrogen) atoms. The number of fused-ring (bicyclic) bond motifs is 1. The Morgan fingerprint density at radius 1 is 1.19 bits per heavy atom. The Hall–Kier alpha value is -2.84. The molecule has 3 heterocycles. The molecule has 3 aromatic heterocycles. The van der Waals surface area contributed by atoms with Crippen LogP contribution in [0.5, 0.6) is 0 Å². The Kier molecular flexibility index (Phi) is 2.71. The van der Waals surface area contributed by atoms with Crippen molar-refractivity contribution >= 4 is 11.6 Å². The first-order chi connectivity index (χ1) is 9.88. The Morgan fingerprint density at radius 3 is 2.57 bits per heavy atom. The predicted molar refractivity (Wildman–Crippen MR) is 64.3 cm³/mol. The molecule has 108 valence electrons. The SMILES string of the molecule is O=C(O)c1c(-n2ccc(C(F)(F)F)n2)nc2ccccn12. The van der Waals surface area contributed by atoms with Crippen LogP contribution in [0, 0.1) is 0 Å². The number of hydrogen-bond acceptors (Lipinski definition) is 3. The van der Waals surface area contributed by atoms with Gasteiger partial charge >= 0.3 is 12.1 Å². The van der Waals surface area contributed by atoms with E-state index in [-0.39, 0.29) is 11.5 Å². The van der Waals surface area contributed by atoms with Crippen LogP contribution in [0.1, 0.15) is 16.2 Å². The molecule has 0 saturated carbocycles. The Morgan fingerprint density at radius 2 is 1.95 bits per heavy atom. The summed E-state index contributed by atoms with van der Waals surface area (Å²) in [5.41, 5.74) is -1.08. The lowest BCUT2D eigenvalue weighted by molar-refractivity contribution is -0.141. The molecule has 0 saturated heterocycles. The fourth-order valence-corrected chi connectivity index (χ4v) is 1.93. The summed E-state index contributed by atoms with van der Waals surface area (Å²) in [6.45, 7) is 0. The van der Waals surface area contributed by atoms with E-state index in [1.165, 1.54) is 10.6 Å². The van der Waals surface area contributed by atoms with Crippen molar-refractivity contribution in [3.63, 3.8) is 0 Å². The van der Waals surface area contributed by atoms with E-state index in [0.29, 0.717) is 5.65 Å². The van der Waals surface area contributed by atoms with Crippen molar-refractivity contribution in [2.75, 3.05) is 0 Å². The summed E-state index contributed by atoms with van der Waals surface area (Å²) in [6, 6.07) is 5.54. The number of carbonyl (C=O) groups is 1. The highest BCUT2D eigenvalue weighted by Crippen LogP contribution is 2.28. The van der Waals surface area contributed by atoms with Crippen LogP contribution in [-0.4, -0.2) is 30.2 Å². The largest absolute Gasteiger partial charge is 0.476 e. The van der Waals surface area contributed by atoms with E-state index >= 15 is 0 Å². The van der Waals surface area contributed by atoms with E-state index in [4.69, 9.17) is 0 Å². The van der Waals surface area contributed by atoms with Crippen LogP contribution in [0.15, 0.2) is 36.7 Å². The lowest BCUT2D eigenvalue weighted by Crippen LogP contribution is -2.10. The van der Waals surface area contributed by atoms with Crippen LogP contribution in [0.25, 0.3) is 11.5 Å². The van der Waals surface area contributed by atoms with Crippen LogP contribution in [0.4, 0.5) is 13.2 Å². The first-order valence-electron chi connectivity index (χ1n) is 5.71. The maximum absolute atomic E-state index is 12.6. The second-order valence-electron chi connectivity index (χ2n) is 4.16. The maximum Gasteiger partial charge on any atom is 0.435 e. The van der Waals surface area contributed by atoms with Gasteiger partial charge in [-0.2, -0.15) is 18.3 Å².